The Kier molecular flexibility index (Phi) is 5.27. The molecule has 126 valence electrons. The maximum atomic E-state index is 12.0. The van der Waals surface area contributed by atoms with Crippen molar-refractivity contribution in [1.29, 1.82) is 0 Å². The number of amidine groups is 1. The number of nitrogens with one attached hydrogen (secondary N) is 1. The predicted molar refractivity (Wildman–Crippen MR) is 94.5 cm³/mol. The molecule has 1 aromatic rings. The summed E-state index contributed by atoms with van der Waals surface area (Å²) in [5, 5.41) is 14.0. The first-order valence-corrected chi connectivity index (χ1v) is 8.65. The first-order chi connectivity index (χ1) is 11.6. The van der Waals surface area contributed by atoms with Crippen LogP contribution in [-0.4, -0.2) is 40.7 Å². The van der Waals surface area contributed by atoms with Crippen molar-refractivity contribution in [2.75, 3.05) is 19.8 Å². The second-order valence-corrected chi connectivity index (χ2v) is 6.73. The van der Waals surface area contributed by atoms with Crippen LogP contribution in [0.1, 0.15) is 24.8 Å². The number of nitro groups is 1. The molecule has 1 N–H and O–H groups in total. The van der Waals surface area contributed by atoms with Crippen molar-refractivity contribution in [2.24, 2.45) is 4.99 Å². The average Bonchev–Trinajstić information content (AvgIpc) is 2.94. The minimum atomic E-state index is -0.445. The van der Waals surface area contributed by atoms with Crippen LogP contribution in [0.3, 0.4) is 0 Å². The van der Waals surface area contributed by atoms with Crippen LogP contribution in [0.25, 0.3) is 6.08 Å². The van der Waals surface area contributed by atoms with E-state index in [9.17, 15) is 14.9 Å². The molecule has 0 unspecified atom stereocenters. The van der Waals surface area contributed by atoms with Crippen LogP contribution >= 0.6 is 11.8 Å². The van der Waals surface area contributed by atoms with Crippen LogP contribution in [0.4, 0.5) is 5.69 Å². The number of aliphatic imine (C=N–C) groups is 1. The zero-order valence-corrected chi connectivity index (χ0v) is 13.9. The van der Waals surface area contributed by atoms with E-state index in [0.717, 1.165) is 18.7 Å². The van der Waals surface area contributed by atoms with Crippen LogP contribution in [-0.2, 0) is 4.79 Å². The van der Waals surface area contributed by atoms with E-state index in [2.05, 4.69) is 15.2 Å². The molecule has 2 saturated heterocycles. The SMILES string of the molecule is O=C1NC(=NCN2CCCCC2)SC1=Cc1ccc([N+](=O)[O-])cc1. The Morgan fingerprint density at radius 2 is 1.96 bits per heavy atom. The first-order valence-electron chi connectivity index (χ1n) is 7.84. The second-order valence-electron chi connectivity index (χ2n) is 5.70. The van der Waals surface area contributed by atoms with Gasteiger partial charge in [-0.3, -0.25) is 19.8 Å². The van der Waals surface area contributed by atoms with Crippen molar-refractivity contribution in [3.05, 3.63) is 44.8 Å². The number of nitro benzene ring substituents is 1. The maximum Gasteiger partial charge on any atom is 0.269 e. The molecule has 0 atom stereocenters. The Morgan fingerprint density at radius 3 is 2.62 bits per heavy atom. The molecule has 24 heavy (non-hydrogen) atoms. The van der Waals surface area contributed by atoms with Gasteiger partial charge in [0.15, 0.2) is 5.17 Å². The molecule has 1 aromatic carbocycles. The number of rotatable bonds is 4. The highest BCUT2D eigenvalue weighted by molar-refractivity contribution is 8.18. The van der Waals surface area contributed by atoms with Gasteiger partial charge in [0.05, 0.1) is 16.5 Å². The van der Waals surface area contributed by atoms with Gasteiger partial charge in [0.2, 0.25) is 0 Å². The maximum absolute atomic E-state index is 12.0. The number of hydrogen-bond acceptors (Lipinski definition) is 6. The number of nitrogens with zero attached hydrogens (tertiary/aromatic N) is 3. The lowest BCUT2D eigenvalue weighted by molar-refractivity contribution is -0.384. The van der Waals surface area contributed by atoms with Gasteiger partial charge < -0.3 is 5.32 Å². The third-order valence-corrected chi connectivity index (χ3v) is 4.86. The van der Waals surface area contributed by atoms with Crippen molar-refractivity contribution in [3.63, 3.8) is 0 Å². The van der Waals surface area contributed by atoms with Crippen molar-refractivity contribution in [2.45, 2.75) is 19.3 Å². The topological polar surface area (TPSA) is 87.8 Å². The lowest BCUT2D eigenvalue weighted by atomic mass is 10.1. The number of thioether (sulfide) groups is 1. The lowest BCUT2D eigenvalue weighted by Crippen LogP contribution is -2.31. The van der Waals surface area contributed by atoms with E-state index in [0.29, 0.717) is 16.7 Å². The number of non-ortho nitro benzene ring substituents is 1. The van der Waals surface area contributed by atoms with E-state index in [-0.39, 0.29) is 11.6 Å². The highest BCUT2D eigenvalue weighted by Crippen LogP contribution is 2.26. The molecule has 0 saturated carbocycles. The van der Waals surface area contributed by atoms with Gasteiger partial charge >= 0.3 is 0 Å². The van der Waals surface area contributed by atoms with E-state index >= 15 is 0 Å². The summed E-state index contributed by atoms with van der Waals surface area (Å²) in [7, 11) is 0. The molecule has 2 fully saturated rings. The van der Waals surface area contributed by atoms with E-state index in [1.165, 1.54) is 43.2 Å². The molecule has 7 nitrogen and oxygen atoms in total. The summed E-state index contributed by atoms with van der Waals surface area (Å²) in [6, 6.07) is 6.11. The number of amides is 1. The summed E-state index contributed by atoms with van der Waals surface area (Å²) < 4.78 is 0. The normalized spacial score (nSPS) is 22.1. The van der Waals surface area contributed by atoms with Crippen LogP contribution in [0.5, 0.6) is 0 Å². The molecule has 0 radical (unpaired) electrons. The molecule has 0 aliphatic carbocycles. The highest BCUT2D eigenvalue weighted by atomic mass is 32.2. The number of benzene rings is 1. The van der Waals surface area contributed by atoms with E-state index in [1.54, 1.807) is 18.2 Å². The monoisotopic (exact) mass is 346 g/mol. The summed E-state index contributed by atoms with van der Waals surface area (Å²) in [6.45, 7) is 2.72. The zero-order valence-electron chi connectivity index (χ0n) is 13.1. The van der Waals surface area contributed by atoms with E-state index in [1.807, 2.05) is 0 Å². The summed E-state index contributed by atoms with van der Waals surface area (Å²) >= 11 is 1.30. The Hall–Kier alpha value is -2.19. The summed E-state index contributed by atoms with van der Waals surface area (Å²) in [5.41, 5.74) is 0.778. The highest BCUT2D eigenvalue weighted by Gasteiger charge is 2.24. The predicted octanol–water partition coefficient (Wildman–Crippen LogP) is 2.60. The number of hydrogen-bond donors (Lipinski definition) is 1. The van der Waals surface area contributed by atoms with Crippen molar-refractivity contribution >= 4 is 34.6 Å². The average molecular weight is 346 g/mol. The Balaban J connectivity index is 1.64. The van der Waals surface area contributed by atoms with E-state index in [4.69, 9.17) is 0 Å². The summed E-state index contributed by atoms with van der Waals surface area (Å²) in [4.78, 5) is 29.5. The van der Waals surface area contributed by atoms with Gasteiger partial charge in [0.25, 0.3) is 11.6 Å². The van der Waals surface area contributed by atoms with Gasteiger partial charge in [-0.1, -0.05) is 6.42 Å². The van der Waals surface area contributed by atoms with Crippen molar-refractivity contribution < 1.29 is 9.72 Å². The molecule has 2 aliphatic heterocycles. The largest absolute Gasteiger partial charge is 0.301 e. The third kappa shape index (κ3) is 4.21. The second kappa shape index (κ2) is 7.59. The fraction of sp³-hybridized carbons (Fsp3) is 0.375. The Labute approximate surface area is 144 Å². The van der Waals surface area contributed by atoms with Gasteiger partial charge in [-0.05, 0) is 61.5 Å². The minimum absolute atomic E-state index is 0.0319. The molecule has 0 bridgehead atoms. The van der Waals surface area contributed by atoms with E-state index < -0.39 is 4.92 Å². The summed E-state index contributed by atoms with van der Waals surface area (Å²) in [6.07, 6.45) is 5.40. The van der Waals surface area contributed by atoms with Crippen molar-refractivity contribution in [1.82, 2.24) is 10.2 Å². The standard InChI is InChI=1S/C16H18N4O3S/c21-15-14(10-12-4-6-13(7-5-12)20(22)23)24-16(18-15)17-11-19-8-2-1-3-9-19/h4-7,10H,1-3,8-9,11H2,(H,17,18,21). The van der Waals surface area contributed by atoms with Gasteiger partial charge in [0, 0.05) is 12.1 Å². The molecule has 3 rings (SSSR count). The molecule has 0 spiro atoms. The van der Waals surface area contributed by atoms with Gasteiger partial charge in [-0.2, -0.15) is 0 Å². The molecule has 2 aliphatic rings. The molecular weight excluding hydrogens is 328 g/mol. The number of carbonyl (C=O) groups excluding carboxylic acids is 1. The van der Waals surface area contributed by atoms with Gasteiger partial charge in [-0.15, -0.1) is 0 Å². The first kappa shape index (κ1) is 16.7. The fourth-order valence-corrected chi connectivity index (χ4v) is 3.42. The molecule has 0 aromatic heterocycles. The van der Waals surface area contributed by atoms with Crippen LogP contribution in [0.15, 0.2) is 34.2 Å². The molecule has 2 heterocycles. The quantitative estimate of drug-likeness (QED) is 0.514. The molecule has 8 heteroatoms. The smallest absolute Gasteiger partial charge is 0.269 e. The van der Waals surface area contributed by atoms with Crippen LogP contribution < -0.4 is 5.32 Å². The summed E-state index contributed by atoms with van der Waals surface area (Å²) in [5.74, 6) is -0.184. The molecular formula is C16H18N4O3S. The number of piperidine rings is 1. The molecule has 1 amide bonds. The minimum Gasteiger partial charge on any atom is -0.301 e. The van der Waals surface area contributed by atoms with Crippen LogP contribution in [0, 0.1) is 10.1 Å². The lowest BCUT2D eigenvalue weighted by Gasteiger charge is -2.24. The van der Waals surface area contributed by atoms with Crippen LogP contribution in [0.2, 0.25) is 0 Å². The van der Waals surface area contributed by atoms with Gasteiger partial charge in [-0.25, -0.2) is 4.99 Å². The van der Waals surface area contributed by atoms with Crippen molar-refractivity contribution in [3.8, 4) is 0 Å². The Morgan fingerprint density at radius 1 is 1.25 bits per heavy atom. The van der Waals surface area contributed by atoms with Gasteiger partial charge in [0.1, 0.15) is 0 Å². The zero-order chi connectivity index (χ0) is 16.9. The number of likely N-dealkylation sites (tertiary alicyclic amines) is 1. The third-order valence-electron chi connectivity index (χ3n) is 3.92. The Bertz CT molecular complexity index is 694. The number of carbonyl (C=O) groups is 1. The fourth-order valence-electron chi connectivity index (χ4n) is 2.61.